The molecule has 240 valence electrons. The lowest BCUT2D eigenvalue weighted by Crippen LogP contribution is -2.58. The number of hydrogen-bond acceptors (Lipinski definition) is 8. The highest BCUT2D eigenvalue weighted by molar-refractivity contribution is 6.32. The fourth-order valence-corrected chi connectivity index (χ4v) is 6.20. The van der Waals surface area contributed by atoms with Crippen LogP contribution in [0.2, 0.25) is 10.2 Å². The minimum Gasteiger partial charge on any atom is -0.382 e. The minimum absolute atomic E-state index is 0.111. The van der Waals surface area contributed by atoms with Crippen LogP contribution in [0.3, 0.4) is 0 Å². The highest BCUT2D eigenvalue weighted by Crippen LogP contribution is 2.30. The Morgan fingerprint density at radius 2 is 1.67 bits per heavy atom. The molecule has 2 aromatic rings. The number of benzene rings is 1. The van der Waals surface area contributed by atoms with Crippen LogP contribution < -0.4 is 21.7 Å². The van der Waals surface area contributed by atoms with Crippen molar-refractivity contribution in [2.75, 3.05) is 43.4 Å². The average molecular weight is 636 g/mol. The summed E-state index contributed by atoms with van der Waals surface area (Å²) in [6, 6.07) is 7.20. The molecule has 0 radical (unpaired) electrons. The molecule has 9 nitrogen and oxygen atoms in total. The summed E-state index contributed by atoms with van der Waals surface area (Å²) in [5.41, 5.74) is 14.6. The van der Waals surface area contributed by atoms with Crippen LogP contribution in [-0.4, -0.2) is 76.5 Å². The van der Waals surface area contributed by atoms with Gasteiger partial charge in [0, 0.05) is 55.9 Å². The molecule has 1 aromatic heterocycles. The molecule has 3 aliphatic rings. The third kappa shape index (κ3) is 9.66. The number of nitrogen functional groups attached to an aromatic ring is 1. The largest absolute Gasteiger partial charge is 0.382 e. The summed E-state index contributed by atoms with van der Waals surface area (Å²) in [4.78, 5) is 28.7. The van der Waals surface area contributed by atoms with Crippen LogP contribution in [0.15, 0.2) is 18.2 Å². The van der Waals surface area contributed by atoms with Crippen LogP contribution in [0, 0.1) is 0 Å². The number of rotatable bonds is 8. The Hall–Kier alpha value is -2.17. The van der Waals surface area contributed by atoms with Crippen molar-refractivity contribution in [2.45, 2.75) is 104 Å². The van der Waals surface area contributed by atoms with E-state index < -0.39 is 0 Å². The van der Waals surface area contributed by atoms with E-state index in [9.17, 15) is 4.79 Å². The van der Waals surface area contributed by atoms with E-state index >= 15 is 0 Å². The summed E-state index contributed by atoms with van der Waals surface area (Å²) in [6.07, 6.45) is 6.54. The smallest absolute Gasteiger partial charge is 0.274 e. The van der Waals surface area contributed by atoms with Gasteiger partial charge in [-0.1, -0.05) is 70.3 Å². The van der Waals surface area contributed by atoms with Gasteiger partial charge in [0.25, 0.3) is 5.91 Å². The van der Waals surface area contributed by atoms with Crippen LogP contribution >= 0.6 is 23.2 Å². The molecule has 2 aliphatic heterocycles. The second kappa shape index (κ2) is 17.4. The lowest BCUT2D eigenvalue weighted by Gasteiger charge is -2.47. The molecule has 1 amide bonds. The van der Waals surface area contributed by atoms with E-state index in [1.54, 1.807) is 0 Å². The quantitative estimate of drug-likeness (QED) is 0.337. The molecule has 2 saturated heterocycles. The van der Waals surface area contributed by atoms with Gasteiger partial charge in [-0.25, -0.2) is 9.97 Å². The van der Waals surface area contributed by atoms with Crippen LogP contribution in [0.1, 0.15) is 94.8 Å². The van der Waals surface area contributed by atoms with E-state index in [4.69, 9.17) is 34.7 Å². The Morgan fingerprint density at radius 1 is 1.00 bits per heavy atom. The standard InChI is InChI=1S/C27H38Cl2N8O.C3H8.C2H6/c1-2-21-16-36(26-24(29)33-23(25(31)34-26)27(38)32-20-5-6-20)11-12-37(21)22-7-9-35(10-8-22)15-17-3-4-19(28)13-18(17)14-30;1-3-2;1-2/h3-4,13,20-22H,2,5-12,14-16,30H2,1H3,(H2,31,34)(H,32,38);3H2,1-2H3;1-2H3. The monoisotopic (exact) mass is 634 g/mol. The van der Waals surface area contributed by atoms with Crippen molar-refractivity contribution in [3.8, 4) is 0 Å². The molecule has 5 rings (SSSR count). The molecule has 43 heavy (non-hydrogen) atoms. The molecule has 3 fully saturated rings. The van der Waals surface area contributed by atoms with E-state index in [2.05, 4.69) is 56.8 Å². The highest BCUT2D eigenvalue weighted by atomic mass is 35.5. The first-order valence-corrected chi connectivity index (χ1v) is 16.9. The number of aromatic nitrogens is 2. The summed E-state index contributed by atoms with van der Waals surface area (Å²) in [5.74, 6) is 0.395. The molecule has 11 heteroatoms. The summed E-state index contributed by atoms with van der Waals surface area (Å²) < 4.78 is 0. The van der Waals surface area contributed by atoms with Gasteiger partial charge in [0.2, 0.25) is 0 Å². The Labute approximate surface area is 268 Å². The number of piperazine rings is 1. The molecule has 0 spiro atoms. The SMILES string of the molecule is CC.CCC.CCC1CN(c2nc(N)c(C(=O)NC3CC3)nc2Cl)CCN1C1CCN(Cc2ccc(Cl)cc2CN)CC1. The molecular formula is C32H52Cl2N8O. The van der Waals surface area contributed by atoms with Crippen LogP contribution in [0.25, 0.3) is 0 Å². The second-order valence-electron chi connectivity index (χ2n) is 11.4. The minimum atomic E-state index is -0.302. The summed E-state index contributed by atoms with van der Waals surface area (Å²) in [6.45, 7) is 16.6. The van der Waals surface area contributed by atoms with Gasteiger partial charge >= 0.3 is 0 Å². The van der Waals surface area contributed by atoms with Crippen molar-refractivity contribution in [3.63, 3.8) is 0 Å². The number of hydrogen-bond donors (Lipinski definition) is 3. The average Bonchev–Trinajstić information content (AvgIpc) is 3.84. The van der Waals surface area contributed by atoms with Gasteiger partial charge in [0.1, 0.15) is 0 Å². The fourth-order valence-electron chi connectivity index (χ4n) is 5.76. The maximum Gasteiger partial charge on any atom is 0.274 e. The van der Waals surface area contributed by atoms with Crippen molar-refractivity contribution in [1.82, 2.24) is 25.1 Å². The summed E-state index contributed by atoms with van der Waals surface area (Å²) in [7, 11) is 0. The number of nitrogens with two attached hydrogens (primary N) is 2. The van der Waals surface area contributed by atoms with Gasteiger partial charge in [0.15, 0.2) is 22.5 Å². The number of likely N-dealkylation sites (tertiary alicyclic amines) is 1. The first-order chi connectivity index (χ1) is 20.8. The lowest BCUT2D eigenvalue weighted by atomic mass is 9.97. The van der Waals surface area contributed by atoms with Gasteiger partial charge in [0.05, 0.1) is 0 Å². The second-order valence-corrected chi connectivity index (χ2v) is 12.2. The topological polar surface area (TPSA) is 117 Å². The van der Waals surface area contributed by atoms with Crippen LogP contribution in [0.4, 0.5) is 11.6 Å². The van der Waals surface area contributed by atoms with E-state index in [1.165, 1.54) is 12.0 Å². The maximum atomic E-state index is 12.5. The summed E-state index contributed by atoms with van der Waals surface area (Å²) in [5, 5.41) is 3.88. The van der Waals surface area contributed by atoms with Crippen molar-refractivity contribution in [1.29, 1.82) is 0 Å². The van der Waals surface area contributed by atoms with Crippen molar-refractivity contribution in [2.24, 2.45) is 5.73 Å². The Kier molecular flexibility index (Phi) is 14.2. The lowest BCUT2D eigenvalue weighted by molar-refractivity contribution is 0.0610. The number of carbonyl (C=O) groups excluding carboxylic acids is 1. The predicted octanol–water partition coefficient (Wildman–Crippen LogP) is 5.72. The number of carbonyl (C=O) groups is 1. The Balaban J connectivity index is 0.000000953. The number of halogens is 2. The van der Waals surface area contributed by atoms with E-state index in [0.717, 1.165) is 82.0 Å². The molecule has 1 unspecified atom stereocenters. The number of amides is 1. The first kappa shape index (κ1) is 35.3. The summed E-state index contributed by atoms with van der Waals surface area (Å²) >= 11 is 12.7. The molecule has 0 bridgehead atoms. The molecule has 3 heterocycles. The van der Waals surface area contributed by atoms with Gasteiger partial charge in [-0.05, 0) is 68.5 Å². The number of piperidine rings is 1. The van der Waals surface area contributed by atoms with Gasteiger partial charge in [-0.15, -0.1) is 0 Å². The molecule has 5 N–H and O–H groups in total. The molecule has 1 saturated carbocycles. The first-order valence-electron chi connectivity index (χ1n) is 16.1. The maximum absolute atomic E-state index is 12.5. The van der Waals surface area contributed by atoms with Crippen LogP contribution in [0.5, 0.6) is 0 Å². The Morgan fingerprint density at radius 3 is 2.28 bits per heavy atom. The zero-order valence-corrected chi connectivity index (χ0v) is 28.2. The number of anilines is 2. The number of nitrogens with one attached hydrogen (secondary N) is 1. The zero-order valence-electron chi connectivity index (χ0n) is 26.7. The normalized spacial score (nSPS) is 19.6. The predicted molar refractivity (Wildman–Crippen MR) is 180 cm³/mol. The van der Waals surface area contributed by atoms with Gasteiger partial charge in [-0.3, -0.25) is 14.6 Å². The van der Waals surface area contributed by atoms with E-state index in [1.807, 2.05) is 26.0 Å². The van der Waals surface area contributed by atoms with Gasteiger partial charge in [-0.2, -0.15) is 0 Å². The Bertz CT molecular complexity index is 1170. The van der Waals surface area contributed by atoms with E-state index in [0.29, 0.717) is 24.4 Å². The van der Waals surface area contributed by atoms with Crippen molar-refractivity contribution in [3.05, 3.63) is 45.2 Å². The molecule has 1 atom stereocenters. The van der Waals surface area contributed by atoms with Crippen molar-refractivity contribution >= 4 is 40.7 Å². The highest BCUT2D eigenvalue weighted by Gasteiger charge is 2.35. The zero-order chi connectivity index (χ0) is 31.5. The van der Waals surface area contributed by atoms with Crippen LogP contribution in [-0.2, 0) is 13.1 Å². The van der Waals surface area contributed by atoms with E-state index in [-0.39, 0.29) is 28.6 Å². The third-order valence-electron chi connectivity index (χ3n) is 8.10. The molecular weight excluding hydrogens is 583 g/mol. The fraction of sp³-hybridized carbons (Fsp3) is 0.656. The van der Waals surface area contributed by atoms with Crippen molar-refractivity contribution < 1.29 is 4.79 Å². The number of nitrogens with zero attached hydrogens (tertiary/aromatic N) is 5. The van der Waals surface area contributed by atoms with Gasteiger partial charge < -0.3 is 21.7 Å². The third-order valence-corrected chi connectivity index (χ3v) is 8.59. The molecule has 1 aliphatic carbocycles. The molecule has 1 aromatic carbocycles.